The largest absolute Gasteiger partial charge is 0.362 e. The van der Waals surface area contributed by atoms with Gasteiger partial charge in [0.15, 0.2) is 0 Å². The Kier molecular flexibility index (Phi) is 14.1. The molecule has 0 heterocycles. The maximum absolute atomic E-state index is 11.8. The van der Waals surface area contributed by atoms with Crippen LogP contribution in [0.5, 0.6) is 0 Å². The summed E-state index contributed by atoms with van der Waals surface area (Å²) in [7, 11) is 1.56. The molecule has 0 saturated carbocycles. The Morgan fingerprint density at radius 2 is 1.54 bits per heavy atom. The molecule has 0 fully saturated rings. The van der Waals surface area contributed by atoms with E-state index in [0.29, 0.717) is 25.2 Å². The molecule has 0 spiro atoms. The summed E-state index contributed by atoms with van der Waals surface area (Å²) in [6, 6.07) is 23.8. The lowest BCUT2D eigenvalue weighted by atomic mass is 10.0. The van der Waals surface area contributed by atoms with Gasteiger partial charge in [-0.25, -0.2) is 5.84 Å². The SMILES string of the molecule is CC(C)CCC(=O)NC(Cc1ccccc1)C(=O)NN.CNC=O.Cc1ccc2ccccc2c1. The van der Waals surface area contributed by atoms with Crippen LogP contribution in [0.3, 0.4) is 0 Å². The minimum atomic E-state index is -0.637. The topological polar surface area (TPSA) is 113 Å². The molecule has 3 aromatic carbocycles. The van der Waals surface area contributed by atoms with Crippen LogP contribution in [0.15, 0.2) is 72.8 Å². The second-order valence-corrected chi connectivity index (χ2v) is 8.51. The number of rotatable bonds is 8. The number of hydrogen-bond acceptors (Lipinski definition) is 4. The van der Waals surface area contributed by atoms with E-state index in [1.807, 2.05) is 30.3 Å². The van der Waals surface area contributed by atoms with E-state index in [4.69, 9.17) is 10.6 Å². The maximum atomic E-state index is 11.8. The summed E-state index contributed by atoms with van der Waals surface area (Å²) < 4.78 is 0. The second-order valence-electron chi connectivity index (χ2n) is 8.51. The van der Waals surface area contributed by atoms with Crippen molar-refractivity contribution >= 4 is 29.0 Å². The van der Waals surface area contributed by atoms with Crippen molar-refractivity contribution in [2.45, 2.75) is 46.1 Å². The van der Waals surface area contributed by atoms with Gasteiger partial charge in [-0.2, -0.15) is 0 Å². The van der Waals surface area contributed by atoms with Crippen LogP contribution in [0.25, 0.3) is 10.8 Å². The molecule has 3 aromatic rings. The number of aryl methyl sites for hydroxylation is 1. The summed E-state index contributed by atoms with van der Waals surface area (Å²) in [6.07, 6.45) is 2.27. The van der Waals surface area contributed by atoms with E-state index in [9.17, 15) is 9.59 Å². The molecule has 3 rings (SSSR count). The maximum Gasteiger partial charge on any atom is 0.256 e. The monoisotopic (exact) mass is 478 g/mol. The molecule has 0 aliphatic carbocycles. The van der Waals surface area contributed by atoms with Gasteiger partial charge in [0.05, 0.1) is 0 Å². The highest BCUT2D eigenvalue weighted by Gasteiger charge is 2.20. The van der Waals surface area contributed by atoms with Gasteiger partial charge in [-0.05, 0) is 35.6 Å². The molecule has 0 bridgehead atoms. The van der Waals surface area contributed by atoms with E-state index in [-0.39, 0.29) is 11.8 Å². The summed E-state index contributed by atoms with van der Waals surface area (Å²) >= 11 is 0. The van der Waals surface area contributed by atoms with Crippen molar-refractivity contribution in [1.29, 1.82) is 0 Å². The van der Waals surface area contributed by atoms with Crippen molar-refractivity contribution < 1.29 is 14.4 Å². The van der Waals surface area contributed by atoms with Crippen LogP contribution in [0.1, 0.15) is 37.8 Å². The second kappa shape index (κ2) is 16.8. The number of amides is 3. The lowest BCUT2D eigenvalue weighted by molar-refractivity contribution is -0.129. The Labute approximate surface area is 208 Å². The molecular weight excluding hydrogens is 440 g/mol. The van der Waals surface area contributed by atoms with Crippen LogP contribution < -0.4 is 21.9 Å². The molecule has 1 atom stereocenters. The minimum Gasteiger partial charge on any atom is -0.362 e. The third kappa shape index (κ3) is 12.4. The Balaban J connectivity index is 0.000000338. The van der Waals surface area contributed by atoms with Gasteiger partial charge in [0.1, 0.15) is 6.04 Å². The highest BCUT2D eigenvalue weighted by atomic mass is 16.2. The summed E-state index contributed by atoms with van der Waals surface area (Å²) in [5, 5.41) is 7.63. The smallest absolute Gasteiger partial charge is 0.256 e. The van der Waals surface area contributed by atoms with Crippen molar-refractivity contribution in [3.8, 4) is 0 Å². The minimum absolute atomic E-state index is 0.122. The number of fused-ring (bicyclic) bond motifs is 1. The van der Waals surface area contributed by atoms with Gasteiger partial charge in [-0.15, -0.1) is 0 Å². The molecule has 35 heavy (non-hydrogen) atoms. The molecule has 188 valence electrons. The van der Waals surface area contributed by atoms with Crippen molar-refractivity contribution in [2.24, 2.45) is 11.8 Å². The van der Waals surface area contributed by atoms with E-state index in [1.165, 1.54) is 16.3 Å². The Hall–Kier alpha value is -3.71. The molecule has 0 aromatic heterocycles. The first-order valence-corrected chi connectivity index (χ1v) is 11.7. The number of hydrazine groups is 1. The molecule has 5 N–H and O–H groups in total. The first-order chi connectivity index (χ1) is 16.8. The lowest BCUT2D eigenvalue weighted by Gasteiger charge is -2.17. The Bertz CT molecular complexity index is 1040. The zero-order valence-electron chi connectivity index (χ0n) is 21.1. The fourth-order valence-corrected chi connectivity index (χ4v) is 3.15. The predicted octanol–water partition coefficient (Wildman–Crippen LogP) is 3.65. The van der Waals surface area contributed by atoms with Crippen molar-refractivity contribution in [3.05, 3.63) is 83.9 Å². The predicted molar refractivity (Wildman–Crippen MR) is 142 cm³/mol. The number of carbonyl (C=O) groups is 3. The highest BCUT2D eigenvalue weighted by molar-refractivity contribution is 5.87. The van der Waals surface area contributed by atoms with Crippen LogP contribution >= 0.6 is 0 Å². The van der Waals surface area contributed by atoms with Crippen LogP contribution in [0.4, 0.5) is 0 Å². The third-order valence-corrected chi connectivity index (χ3v) is 5.05. The quantitative estimate of drug-likeness (QED) is 0.171. The van der Waals surface area contributed by atoms with E-state index >= 15 is 0 Å². The molecule has 7 nitrogen and oxygen atoms in total. The Morgan fingerprint density at radius 3 is 2.11 bits per heavy atom. The van der Waals surface area contributed by atoms with Gasteiger partial charge < -0.3 is 10.6 Å². The normalized spacial score (nSPS) is 10.7. The summed E-state index contributed by atoms with van der Waals surface area (Å²) in [5.74, 6) is 5.12. The van der Waals surface area contributed by atoms with Gasteiger partial charge in [-0.1, -0.05) is 92.2 Å². The molecule has 1 unspecified atom stereocenters. The number of benzene rings is 3. The highest BCUT2D eigenvalue weighted by Crippen LogP contribution is 2.14. The van der Waals surface area contributed by atoms with E-state index < -0.39 is 6.04 Å². The third-order valence-electron chi connectivity index (χ3n) is 5.05. The van der Waals surface area contributed by atoms with E-state index in [1.54, 1.807) is 7.05 Å². The molecule has 0 aliphatic rings. The fourth-order valence-electron chi connectivity index (χ4n) is 3.15. The van der Waals surface area contributed by atoms with Gasteiger partial charge in [0.25, 0.3) is 5.91 Å². The number of hydrogen-bond donors (Lipinski definition) is 4. The van der Waals surface area contributed by atoms with Gasteiger partial charge in [-0.3, -0.25) is 19.8 Å². The van der Waals surface area contributed by atoms with E-state index in [2.05, 4.69) is 79.3 Å². The van der Waals surface area contributed by atoms with Crippen molar-refractivity contribution in [3.63, 3.8) is 0 Å². The number of nitrogens with two attached hydrogens (primary N) is 1. The van der Waals surface area contributed by atoms with Crippen LogP contribution in [0, 0.1) is 12.8 Å². The molecule has 0 saturated heterocycles. The zero-order valence-corrected chi connectivity index (χ0v) is 21.1. The Morgan fingerprint density at radius 1 is 0.943 bits per heavy atom. The van der Waals surface area contributed by atoms with Crippen LogP contribution in [0.2, 0.25) is 0 Å². The number of nitrogens with one attached hydrogen (secondary N) is 3. The molecular formula is C28H38N4O3. The molecule has 3 amide bonds. The zero-order chi connectivity index (χ0) is 26.1. The van der Waals surface area contributed by atoms with Crippen LogP contribution in [-0.4, -0.2) is 31.3 Å². The van der Waals surface area contributed by atoms with Crippen LogP contribution in [-0.2, 0) is 20.8 Å². The summed E-state index contributed by atoms with van der Waals surface area (Å²) in [4.78, 5) is 32.6. The molecule has 0 aliphatic heterocycles. The number of carbonyl (C=O) groups excluding carboxylic acids is 3. The van der Waals surface area contributed by atoms with Gasteiger partial charge in [0, 0.05) is 19.9 Å². The van der Waals surface area contributed by atoms with Crippen molar-refractivity contribution in [2.75, 3.05) is 7.05 Å². The van der Waals surface area contributed by atoms with E-state index in [0.717, 1.165) is 12.0 Å². The van der Waals surface area contributed by atoms with Gasteiger partial charge >= 0.3 is 0 Å². The summed E-state index contributed by atoms with van der Waals surface area (Å²) in [6.45, 7) is 6.23. The molecule has 7 heteroatoms. The first-order valence-electron chi connectivity index (χ1n) is 11.7. The lowest BCUT2D eigenvalue weighted by Crippen LogP contribution is -2.50. The van der Waals surface area contributed by atoms with Gasteiger partial charge in [0.2, 0.25) is 12.3 Å². The first kappa shape index (κ1) is 29.3. The average molecular weight is 479 g/mol. The van der Waals surface area contributed by atoms with Crippen molar-refractivity contribution in [1.82, 2.24) is 16.1 Å². The molecule has 0 radical (unpaired) electrons. The summed E-state index contributed by atoms with van der Waals surface area (Å²) in [5.41, 5.74) is 4.40. The standard InChI is InChI=1S/C15H23N3O2.C11H10.C2H5NO/c1-11(2)8-9-14(19)17-13(15(20)18-16)10-12-6-4-3-5-7-12;1-9-6-7-10-4-2-3-5-11(10)8-9;1-3-2-4/h3-7,11,13H,8-10,16H2,1-2H3,(H,17,19)(H,18,20);2-8H,1H3;2H,1H3,(H,3,4). The fraction of sp³-hybridized carbons (Fsp3) is 0.321. The average Bonchev–Trinajstić information content (AvgIpc) is 2.87.